The molecule has 0 saturated heterocycles. The number of hydrogen-bond donors (Lipinski definition) is 0. The molecular weight excluding hydrogens is 316 g/mol. The van der Waals surface area contributed by atoms with Crippen molar-refractivity contribution in [3.8, 4) is 11.5 Å². The molecule has 2 aromatic carbocycles. The van der Waals surface area contributed by atoms with Crippen molar-refractivity contribution in [3.63, 3.8) is 0 Å². The zero-order chi connectivity index (χ0) is 14.5. The number of hydrogen-bond acceptors (Lipinski definition) is 2. The number of aldehydes is 1. The summed E-state index contributed by atoms with van der Waals surface area (Å²) < 4.78 is 6.78. The van der Waals surface area contributed by atoms with Crippen molar-refractivity contribution < 1.29 is 9.53 Å². The summed E-state index contributed by atoms with van der Waals surface area (Å²) in [5.74, 6) is 2.02. The third kappa shape index (κ3) is 3.28. The lowest BCUT2D eigenvalue weighted by Gasteiger charge is -2.16. The maximum absolute atomic E-state index is 10.7. The molecule has 104 valence electrons. The summed E-state index contributed by atoms with van der Waals surface area (Å²) in [5.41, 5.74) is 1.82. The van der Waals surface area contributed by atoms with Gasteiger partial charge in [-0.2, -0.15) is 0 Å². The van der Waals surface area contributed by atoms with Gasteiger partial charge in [0.15, 0.2) is 0 Å². The van der Waals surface area contributed by atoms with Crippen molar-refractivity contribution in [2.45, 2.75) is 26.2 Å². The zero-order valence-corrected chi connectivity index (χ0v) is 13.2. The molecule has 1 atom stereocenters. The van der Waals surface area contributed by atoms with Crippen molar-refractivity contribution in [1.29, 1.82) is 0 Å². The SMILES string of the molecule is CCC(C)c1ccccc1Oc1ccc(C=O)cc1Br. The number of ether oxygens (including phenoxy) is 1. The molecule has 20 heavy (non-hydrogen) atoms. The Morgan fingerprint density at radius 1 is 1.20 bits per heavy atom. The summed E-state index contributed by atoms with van der Waals surface area (Å²) in [5, 5.41) is 0. The normalized spacial score (nSPS) is 11.9. The van der Waals surface area contributed by atoms with E-state index in [4.69, 9.17) is 4.74 Å². The van der Waals surface area contributed by atoms with Crippen LogP contribution in [0.5, 0.6) is 11.5 Å². The number of carbonyl (C=O) groups excluding carboxylic acids is 1. The predicted molar refractivity (Wildman–Crippen MR) is 84.8 cm³/mol. The van der Waals surface area contributed by atoms with Gasteiger partial charge in [0.2, 0.25) is 0 Å². The summed E-state index contributed by atoms with van der Waals surface area (Å²) in [6.07, 6.45) is 1.88. The van der Waals surface area contributed by atoms with Crippen LogP contribution in [0.4, 0.5) is 0 Å². The van der Waals surface area contributed by atoms with Gasteiger partial charge in [-0.3, -0.25) is 4.79 Å². The van der Waals surface area contributed by atoms with Crippen molar-refractivity contribution in [3.05, 3.63) is 58.1 Å². The Kier molecular flexibility index (Phi) is 4.96. The van der Waals surface area contributed by atoms with E-state index in [0.717, 1.165) is 22.9 Å². The van der Waals surface area contributed by atoms with E-state index in [1.54, 1.807) is 18.2 Å². The smallest absolute Gasteiger partial charge is 0.150 e. The molecule has 0 bridgehead atoms. The fraction of sp³-hybridized carbons (Fsp3) is 0.235. The Labute approximate surface area is 127 Å². The van der Waals surface area contributed by atoms with Gasteiger partial charge in [0, 0.05) is 5.56 Å². The Balaban J connectivity index is 2.33. The first kappa shape index (κ1) is 14.8. The molecule has 0 radical (unpaired) electrons. The fourth-order valence-corrected chi connectivity index (χ4v) is 2.47. The molecule has 0 spiro atoms. The van der Waals surface area contributed by atoms with Crippen LogP contribution in [-0.4, -0.2) is 6.29 Å². The number of carbonyl (C=O) groups is 1. The van der Waals surface area contributed by atoms with Gasteiger partial charge >= 0.3 is 0 Å². The lowest BCUT2D eigenvalue weighted by molar-refractivity contribution is 0.112. The van der Waals surface area contributed by atoms with E-state index >= 15 is 0 Å². The minimum absolute atomic E-state index is 0.444. The largest absolute Gasteiger partial charge is 0.456 e. The molecule has 2 aromatic rings. The van der Waals surface area contributed by atoms with Crippen LogP contribution < -0.4 is 4.74 Å². The van der Waals surface area contributed by atoms with E-state index in [0.29, 0.717) is 17.2 Å². The lowest BCUT2D eigenvalue weighted by atomic mass is 9.98. The van der Waals surface area contributed by atoms with Gasteiger partial charge < -0.3 is 4.74 Å². The fourth-order valence-electron chi connectivity index (χ4n) is 1.99. The second-order valence-electron chi connectivity index (χ2n) is 4.76. The molecule has 0 aliphatic heterocycles. The van der Waals surface area contributed by atoms with Gasteiger partial charge in [-0.25, -0.2) is 0 Å². The zero-order valence-electron chi connectivity index (χ0n) is 11.6. The van der Waals surface area contributed by atoms with Gasteiger partial charge in [-0.15, -0.1) is 0 Å². The topological polar surface area (TPSA) is 26.3 Å². The standard InChI is InChI=1S/C17H17BrO2/c1-3-12(2)14-6-4-5-7-16(14)20-17-9-8-13(11-19)10-15(17)18/h4-12H,3H2,1-2H3. The summed E-state index contributed by atoms with van der Waals surface area (Å²) in [6, 6.07) is 13.4. The van der Waals surface area contributed by atoms with Gasteiger partial charge in [-0.1, -0.05) is 32.0 Å². The summed E-state index contributed by atoms with van der Waals surface area (Å²) >= 11 is 3.44. The summed E-state index contributed by atoms with van der Waals surface area (Å²) in [4.78, 5) is 10.7. The molecule has 2 rings (SSSR count). The van der Waals surface area contributed by atoms with E-state index in [1.165, 1.54) is 5.56 Å². The second kappa shape index (κ2) is 6.71. The molecule has 0 fully saturated rings. The minimum Gasteiger partial charge on any atom is -0.456 e. The predicted octanol–water partition coefficient (Wildman–Crippen LogP) is 5.57. The molecular formula is C17H17BrO2. The van der Waals surface area contributed by atoms with Crippen LogP contribution in [-0.2, 0) is 0 Å². The average molecular weight is 333 g/mol. The molecule has 0 aromatic heterocycles. The summed E-state index contributed by atoms with van der Waals surface area (Å²) in [6.45, 7) is 4.35. The first-order valence-electron chi connectivity index (χ1n) is 6.67. The van der Waals surface area contributed by atoms with Crippen molar-refractivity contribution in [2.75, 3.05) is 0 Å². The quantitative estimate of drug-likeness (QED) is 0.669. The van der Waals surface area contributed by atoms with Crippen LogP contribution in [0.2, 0.25) is 0 Å². The van der Waals surface area contributed by atoms with Crippen molar-refractivity contribution >= 4 is 22.2 Å². The van der Waals surface area contributed by atoms with Crippen LogP contribution in [0.15, 0.2) is 46.9 Å². The molecule has 0 aliphatic carbocycles. The van der Waals surface area contributed by atoms with Crippen LogP contribution in [0.1, 0.15) is 42.1 Å². The lowest BCUT2D eigenvalue weighted by Crippen LogP contribution is -1.96. The maximum atomic E-state index is 10.7. The Bertz CT molecular complexity index is 608. The van der Waals surface area contributed by atoms with Crippen LogP contribution in [0, 0.1) is 0 Å². The highest BCUT2D eigenvalue weighted by Gasteiger charge is 2.11. The molecule has 0 saturated carbocycles. The first-order chi connectivity index (χ1) is 9.65. The van der Waals surface area contributed by atoms with E-state index in [9.17, 15) is 4.79 Å². The van der Waals surface area contributed by atoms with Gasteiger partial charge in [0.05, 0.1) is 4.47 Å². The van der Waals surface area contributed by atoms with E-state index in [-0.39, 0.29) is 0 Å². The molecule has 3 heteroatoms. The number of halogens is 1. The Morgan fingerprint density at radius 2 is 1.95 bits per heavy atom. The molecule has 0 N–H and O–H groups in total. The number of rotatable bonds is 5. The third-order valence-corrected chi connectivity index (χ3v) is 3.99. The molecule has 2 nitrogen and oxygen atoms in total. The highest BCUT2D eigenvalue weighted by molar-refractivity contribution is 9.10. The first-order valence-corrected chi connectivity index (χ1v) is 7.46. The van der Waals surface area contributed by atoms with Gasteiger partial charge in [0.25, 0.3) is 0 Å². The van der Waals surface area contributed by atoms with Gasteiger partial charge in [0.1, 0.15) is 17.8 Å². The molecule has 1 unspecified atom stereocenters. The Morgan fingerprint density at radius 3 is 2.60 bits per heavy atom. The van der Waals surface area contributed by atoms with E-state index in [1.807, 2.05) is 18.2 Å². The minimum atomic E-state index is 0.444. The monoisotopic (exact) mass is 332 g/mol. The van der Waals surface area contributed by atoms with Crippen LogP contribution in [0.25, 0.3) is 0 Å². The molecule has 0 heterocycles. The van der Waals surface area contributed by atoms with Crippen molar-refractivity contribution in [1.82, 2.24) is 0 Å². The van der Waals surface area contributed by atoms with Gasteiger partial charge in [-0.05, 0) is 58.1 Å². The molecule has 0 aliphatic rings. The number of para-hydroxylation sites is 1. The summed E-state index contributed by atoms with van der Waals surface area (Å²) in [7, 11) is 0. The Hall–Kier alpha value is -1.61. The van der Waals surface area contributed by atoms with Crippen LogP contribution >= 0.6 is 15.9 Å². The molecule has 0 amide bonds. The number of benzene rings is 2. The van der Waals surface area contributed by atoms with E-state index in [2.05, 4.69) is 35.8 Å². The maximum Gasteiger partial charge on any atom is 0.150 e. The van der Waals surface area contributed by atoms with Crippen LogP contribution in [0.3, 0.4) is 0 Å². The van der Waals surface area contributed by atoms with Crippen molar-refractivity contribution in [2.24, 2.45) is 0 Å². The van der Waals surface area contributed by atoms with E-state index < -0.39 is 0 Å². The average Bonchev–Trinajstić information content (AvgIpc) is 2.49. The third-order valence-electron chi connectivity index (χ3n) is 3.37. The highest BCUT2D eigenvalue weighted by Crippen LogP contribution is 2.35. The second-order valence-corrected chi connectivity index (χ2v) is 5.61. The highest BCUT2D eigenvalue weighted by atomic mass is 79.9.